The highest BCUT2D eigenvalue weighted by atomic mass is 32.2. The number of ether oxygens (including phenoxy) is 1. The topological polar surface area (TPSA) is 72.3 Å². The molecule has 2 aromatic rings. The molecule has 16 heavy (non-hydrogen) atoms. The van der Waals surface area contributed by atoms with Gasteiger partial charge in [-0.15, -0.1) is 11.3 Å². The van der Waals surface area contributed by atoms with Gasteiger partial charge in [-0.1, -0.05) is 11.8 Å². The molecule has 0 aromatic carbocycles. The Kier molecular flexibility index (Phi) is 2.97. The fourth-order valence-corrected chi connectivity index (χ4v) is 2.54. The number of carbonyl (C=O) groups is 1. The van der Waals surface area contributed by atoms with Crippen molar-refractivity contribution in [3.8, 4) is 5.75 Å². The summed E-state index contributed by atoms with van der Waals surface area (Å²) < 4.78 is 4.56. The zero-order chi connectivity index (χ0) is 11.7. The summed E-state index contributed by atoms with van der Waals surface area (Å²) in [5, 5.41) is 10.9. The maximum Gasteiger partial charge on any atom is 0.351 e. The molecule has 0 bridgehead atoms. The van der Waals surface area contributed by atoms with E-state index in [1.807, 2.05) is 6.26 Å². The number of esters is 1. The Balaban J connectivity index is 2.63. The summed E-state index contributed by atoms with van der Waals surface area (Å²) in [7, 11) is 1.27. The van der Waals surface area contributed by atoms with E-state index in [4.69, 9.17) is 0 Å². The summed E-state index contributed by atoms with van der Waals surface area (Å²) in [4.78, 5) is 20.3. The van der Waals surface area contributed by atoms with Crippen molar-refractivity contribution < 1.29 is 14.6 Å². The molecule has 2 heterocycles. The number of carbonyl (C=O) groups excluding carboxylic acids is 1. The molecule has 0 aliphatic heterocycles. The maximum absolute atomic E-state index is 11.3. The number of rotatable bonds is 2. The van der Waals surface area contributed by atoms with E-state index in [1.54, 1.807) is 0 Å². The van der Waals surface area contributed by atoms with Crippen LogP contribution in [0.3, 0.4) is 0 Å². The van der Waals surface area contributed by atoms with Gasteiger partial charge in [-0.05, 0) is 6.26 Å². The lowest BCUT2D eigenvalue weighted by molar-refractivity contribution is 0.0603. The van der Waals surface area contributed by atoms with Gasteiger partial charge in [-0.25, -0.2) is 14.8 Å². The van der Waals surface area contributed by atoms with Crippen LogP contribution < -0.4 is 0 Å². The van der Waals surface area contributed by atoms with E-state index in [0.29, 0.717) is 15.4 Å². The monoisotopic (exact) mass is 256 g/mol. The number of thioether (sulfide) groups is 1. The van der Waals surface area contributed by atoms with Gasteiger partial charge in [0.2, 0.25) is 0 Å². The summed E-state index contributed by atoms with van der Waals surface area (Å²) in [6.45, 7) is 0. The molecule has 0 unspecified atom stereocenters. The molecule has 0 aliphatic rings. The third-order valence-electron chi connectivity index (χ3n) is 1.95. The number of hydrogen-bond donors (Lipinski definition) is 1. The molecular weight excluding hydrogens is 248 g/mol. The van der Waals surface area contributed by atoms with Crippen LogP contribution in [0.4, 0.5) is 0 Å². The van der Waals surface area contributed by atoms with Crippen LogP contribution in [0.25, 0.3) is 10.2 Å². The summed E-state index contributed by atoms with van der Waals surface area (Å²) in [5.74, 6) is -0.675. The van der Waals surface area contributed by atoms with Crippen molar-refractivity contribution in [2.45, 2.75) is 5.16 Å². The van der Waals surface area contributed by atoms with E-state index in [1.165, 1.54) is 25.1 Å². The molecule has 1 N–H and O–H groups in total. The Morgan fingerprint density at radius 2 is 2.38 bits per heavy atom. The SMILES string of the molecule is COC(=O)c1sc2nc(SC)ncc2c1O. The Morgan fingerprint density at radius 3 is 3.00 bits per heavy atom. The largest absolute Gasteiger partial charge is 0.505 e. The number of aromatic nitrogens is 2. The lowest BCUT2D eigenvalue weighted by Crippen LogP contribution is -1.97. The van der Waals surface area contributed by atoms with Crippen molar-refractivity contribution in [2.75, 3.05) is 13.4 Å². The highest BCUT2D eigenvalue weighted by molar-refractivity contribution is 7.98. The fourth-order valence-electron chi connectivity index (χ4n) is 1.19. The molecular formula is C9H8N2O3S2. The first-order valence-corrected chi connectivity index (χ1v) is 6.32. The van der Waals surface area contributed by atoms with E-state index in [0.717, 1.165) is 11.3 Å². The molecule has 0 spiro atoms. The minimum Gasteiger partial charge on any atom is -0.505 e. The molecule has 0 saturated heterocycles. The molecule has 7 heteroatoms. The van der Waals surface area contributed by atoms with Crippen LogP contribution in [-0.4, -0.2) is 34.4 Å². The number of aromatic hydroxyl groups is 1. The number of nitrogens with zero attached hydrogens (tertiary/aromatic N) is 2. The van der Waals surface area contributed by atoms with Gasteiger partial charge < -0.3 is 9.84 Å². The molecule has 0 fully saturated rings. The summed E-state index contributed by atoms with van der Waals surface area (Å²) in [6, 6.07) is 0. The minimum atomic E-state index is -0.564. The average Bonchev–Trinajstić information content (AvgIpc) is 2.65. The third-order valence-corrected chi connectivity index (χ3v) is 3.58. The van der Waals surface area contributed by atoms with Crippen LogP contribution in [0.2, 0.25) is 0 Å². The normalized spacial score (nSPS) is 10.6. The predicted molar refractivity (Wildman–Crippen MR) is 62.2 cm³/mol. The Hall–Kier alpha value is -1.34. The van der Waals surface area contributed by atoms with Crippen molar-refractivity contribution in [3.05, 3.63) is 11.1 Å². The van der Waals surface area contributed by atoms with Crippen LogP contribution >= 0.6 is 23.1 Å². The first kappa shape index (κ1) is 11.2. The van der Waals surface area contributed by atoms with Crippen LogP contribution in [-0.2, 0) is 4.74 Å². The molecule has 84 valence electrons. The molecule has 0 atom stereocenters. The summed E-state index contributed by atoms with van der Waals surface area (Å²) in [5.41, 5.74) is 0. The van der Waals surface area contributed by atoms with Gasteiger partial charge in [0.25, 0.3) is 0 Å². The zero-order valence-corrected chi connectivity index (χ0v) is 10.2. The van der Waals surface area contributed by atoms with Crippen LogP contribution in [0.5, 0.6) is 5.75 Å². The Bertz CT molecular complexity index is 553. The second kappa shape index (κ2) is 4.26. The number of fused-ring (bicyclic) bond motifs is 1. The van der Waals surface area contributed by atoms with Gasteiger partial charge in [0.15, 0.2) is 15.8 Å². The van der Waals surface area contributed by atoms with Gasteiger partial charge in [0.1, 0.15) is 4.83 Å². The highest BCUT2D eigenvalue weighted by Crippen LogP contribution is 2.36. The predicted octanol–water partition coefficient (Wildman–Crippen LogP) is 1.91. The van der Waals surface area contributed by atoms with Crippen molar-refractivity contribution in [1.29, 1.82) is 0 Å². The molecule has 5 nitrogen and oxygen atoms in total. The quantitative estimate of drug-likeness (QED) is 0.502. The Morgan fingerprint density at radius 1 is 1.62 bits per heavy atom. The fraction of sp³-hybridized carbons (Fsp3) is 0.222. The average molecular weight is 256 g/mol. The van der Waals surface area contributed by atoms with Crippen molar-refractivity contribution in [3.63, 3.8) is 0 Å². The van der Waals surface area contributed by atoms with E-state index < -0.39 is 5.97 Å². The van der Waals surface area contributed by atoms with Crippen molar-refractivity contribution in [1.82, 2.24) is 9.97 Å². The van der Waals surface area contributed by atoms with E-state index in [9.17, 15) is 9.90 Å². The number of methoxy groups -OCH3 is 1. The van der Waals surface area contributed by atoms with Crippen LogP contribution in [0.15, 0.2) is 11.4 Å². The minimum absolute atomic E-state index is 0.112. The van der Waals surface area contributed by atoms with E-state index >= 15 is 0 Å². The molecule has 0 saturated carbocycles. The maximum atomic E-state index is 11.3. The lowest BCUT2D eigenvalue weighted by atomic mass is 10.3. The van der Waals surface area contributed by atoms with Gasteiger partial charge >= 0.3 is 5.97 Å². The van der Waals surface area contributed by atoms with Gasteiger partial charge in [-0.3, -0.25) is 0 Å². The standard InChI is InChI=1S/C9H8N2O3S2/c1-14-8(13)6-5(12)4-3-10-9(15-2)11-7(4)16-6/h3,12H,1-2H3. The smallest absolute Gasteiger partial charge is 0.351 e. The van der Waals surface area contributed by atoms with Crippen molar-refractivity contribution >= 4 is 39.3 Å². The number of hydrogen-bond acceptors (Lipinski definition) is 7. The Labute approximate surface area is 99.5 Å². The van der Waals surface area contributed by atoms with Crippen LogP contribution in [0, 0.1) is 0 Å². The molecule has 2 aromatic heterocycles. The lowest BCUT2D eigenvalue weighted by Gasteiger charge is -1.94. The highest BCUT2D eigenvalue weighted by Gasteiger charge is 2.19. The molecule has 2 rings (SSSR count). The second-order valence-corrected chi connectivity index (χ2v) is 4.62. The summed E-state index contributed by atoms with van der Waals surface area (Å²) >= 11 is 2.50. The first-order valence-electron chi connectivity index (χ1n) is 4.28. The van der Waals surface area contributed by atoms with E-state index in [-0.39, 0.29) is 10.6 Å². The molecule has 0 radical (unpaired) electrons. The van der Waals surface area contributed by atoms with Crippen LogP contribution in [0.1, 0.15) is 9.67 Å². The molecule has 0 amide bonds. The van der Waals surface area contributed by atoms with Gasteiger partial charge in [0.05, 0.1) is 12.5 Å². The second-order valence-electron chi connectivity index (χ2n) is 2.85. The molecule has 0 aliphatic carbocycles. The zero-order valence-electron chi connectivity index (χ0n) is 8.55. The van der Waals surface area contributed by atoms with Gasteiger partial charge in [-0.2, -0.15) is 0 Å². The summed E-state index contributed by atoms with van der Waals surface area (Å²) in [6.07, 6.45) is 3.36. The van der Waals surface area contributed by atoms with Crippen molar-refractivity contribution in [2.24, 2.45) is 0 Å². The number of thiophene rings is 1. The third kappa shape index (κ3) is 1.72. The van der Waals surface area contributed by atoms with E-state index in [2.05, 4.69) is 14.7 Å². The first-order chi connectivity index (χ1) is 7.67. The van der Waals surface area contributed by atoms with Gasteiger partial charge in [0, 0.05) is 6.20 Å².